The number of benzene rings is 1. The number of fused-ring (bicyclic) bond motifs is 1. The molecule has 0 spiro atoms. The topological polar surface area (TPSA) is 59.1 Å². The van der Waals surface area contributed by atoms with Gasteiger partial charge in [0.25, 0.3) is 10.0 Å². The van der Waals surface area contributed by atoms with E-state index in [1.54, 1.807) is 6.20 Å². The highest BCUT2D eigenvalue weighted by Gasteiger charge is 2.27. The average molecular weight is 320 g/mol. The van der Waals surface area contributed by atoms with Crippen molar-refractivity contribution in [2.75, 3.05) is 0 Å². The summed E-state index contributed by atoms with van der Waals surface area (Å²) in [6, 6.07) is 7.58. The molecule has 0 fully saturated rings. The summed E-state index contributed by atoms with van der Waals surface area (Å²) in [5.74, 6) is 0. The van der Waals surface area contributed by atoms with Crippen molar-refractivity contribution in [2.24, 2.45) is 0 Å². The molecule has 0 saturated carbocycles. The first-order valence-corrected chi connectivity index (χ1v) is 9.19. The van der Waals surface area contributed by atoms with E-state index in [0.717, 1.165) is 23.8 Å². The predicted octanol–water partition coefficient (Wildman–Crippen LogP) is 3.65. The molecule has 1 aromatic heterocycles. The first-order valence-electron chi connectivity index (χ1n) is 7.71. The van der Waals surface area contributed by atoms with Crippen LogP contribution >= 0.6 is 0 Å². The lowest BCUT2D eigenvalue weighted by atomic mass is 10.0. The summed E-state index contributed by atoms with van der Waals surface area (Å²) in [5.41, 5.74) is 0.593. The molecule has 1 N–H and O–H groups in total. The molecule has 0 unspecified atom stereocenters. The molecular formula is C17H24N2O2S. The van der Waals surface area contributed by atoms with Crippen molar-refractivity contribution < 1.29 is 8.42 Å². The fourth-order valence-electron chi connectivity index (χ4n) is 2.39. The second-order valence-corrected chi connectivity index (χ2v) is 7.82. The molecule has 22 heavy (non-hydrogen) atoms. The summed E-state index contributed by atoms with van der Waals surface area (Å²) >= 11 is 0. The van der Waals surface area contributed by atoms with E-state index in [2.05, 4.69) is 16.6 Å². The summed E-state index contributed by atoms with van der Waals surface area (Å²) in [6.45, 7) is 7.81. The van der Waals surface area contributed by atoms with Crippen molar-refractivity contribution in [1.82, 2.24) is 9.71 Å². The third kappa shape index (κ3) is 3.47. The Bertz CT molecular complexity index is 767. The molecule has 1 heterocycles. The Morgan fingerprint density at radius 1 is 1.14 bits per heavy atom. The molecule has 2 aromatic rings. The van der Waals surface area contributed by atoms with E-state index in [4.69, 9.17) is 0 Å². The van der Waals surface area contributed by atoms with Crippen LogP contribution in [0, 0.1) is 0 Å². The molecule has 0 saturated heterocycles. The Kier molecular flexibility index (Phi) is 4.87. The van der Waals surface area contributed by atoms with Gasteiger partial charge in [-0.15, -0.1) is 0 Å². The van der Waals surface area contributed by atoms with Crippen LogP contribution < -0.4 is 4.72 Å². The monoisotopic (exact) mass is 320 g/mol. The van der Waals surface area contributed by atoms with E-state index in [9.17, 15) is 8.42 Å². The van der Waals surface area contributed by atoms with Gasteiger partial charge in [-0.05, 0) is 37.6 Å². The number of hydrogen-bond donors (Lipinski definition) is 1. The molecule has 0 bridgehead atoms. The van der Waals surface area contributed by atoms with Gasteiger partial charge in [0.05, 0.1) is 0 Å². The molecule has 0 radical (unpaired) electrons. The zero-order chi connectivity index (χ0) is 16.4. The maximum Gasteiger partial charge on any atom is 0.259 e. The third-order valence-corrected chi connectivity index (χ3v) is 5.57. The lowest BCUT2D eigenvalue weighted by Crippen LogP contribution is -2.43. The summed E-state index contributed by atoms with van der Waals surface area (Å²) in [6.07, 6.45) is 4.29. The number of pyridine rings is 1. The van der Waals surface area contributed by atoms with Gasteiger partial charge in [-0.25, -0.2) is 18.1 Å². The first kappa shape index (κ1) is 16.9. The quantitative estimate of drug-likeness (QED) is 0.883. The minimum Gasteiger partial charge on any atom is -0.243 e. The van der Waals surface area contributed by atoms with Gasteiger partial charge in [-0.2, -0.15) is 0 Å². The van der Waals surface area contributed by atoms with E-state index in [-0.39, 0.29) is 5.03 Å². The summed E-state index contributed by atoms with van der Waals surface area (Å²) in [4.78, 5) is 4.27. The summed E-state index contributed by atoms with van der Waals surface area (Å²) < 4.78 is 28.2. The van der Waals surface area contributed by atoms with Gasteiger partial charge in [0.1, 0.15) is 0 Å². The van der Waals surface area contributed by atoms with Crippen molar-refractivity contribution in [3.8, 4) is 0 Å². The summed E-state index contributed by atoms with van der Waals surface area (Å²) in [7, 11) is -3.65. The molecular weight excluding hydrogens is 296 g/mol. The molecule has 0 aliphatic heterocycles. The van der Waals surface area contributed by atoms with Gasteiger partial charge in [0.15, 0.2) is 5.03 Å². The minimum absolute atomic E-state index is 0.115. The van der Waals surface area contributed by atoms with Crippen LogP contribution in [-0.4, -0.2) is 18.9 Å². The van der Waals surface area contributed by atoms with Crippen molar-refractivity contribution in [1.29, 1.82) is 0 Å². The van der Waals surface area contributed by atoms with Crippen LogP contribution in [-0.2, 0) is 16.4 Å². The number of rotatable bonds is 6. The Hall–Kier alpha value is -1.46. The number of sulfonamides is 1. The zero-order valence-electron chi connectivity index (χ0n) is 13.7. The van der Waals surface area contributed by atoms with E-state index in [0.29, 0.717) is 11.8 Å². The fourth-order valence-corrected chi connectivity index (χ4v) is 4.02. The van der Waals surface area contributed by atoms with E-state index in [1.807, 2.05) is 45.0 Å². The second-order valence-electron chi connectivity index (χ2n) is 6.23. The van der Waals surface area contributed by atoms with Crippen LogP contribution in [0.15, 0.2) is 35.5 Å². The number of nitrogens with one attached hydrogen (secondary N) is 1. The molecule has 1 aromatic carbocycles. The zero-order valence-corrected chi connectivity index (χ0v) is 14.5. The Morgan fingerprint density at radius 3 is 2.36 bits per heavy atom. The average Bonchev–Trinajstić information content (AvgIpc) is 2.46. The van der Waals surface area contributed by atoms with Gasteiger partial charge in [-0.3, -0.25) is 0 Å². The molecule has 120 valence electrons. The standard InChI is InChI=1S/C17H24N2O2S/c1-5-9-13-12-18-16(15-11-8-7-10-14(13)15)22(20,21)19-17(3,4)6-2/h7-8,10-12,19H,5-6,9H2,1-4H3. The van der Waals surface area contributed by atoms with Crippen LogP contribution in [0.25, 0.3) is 10.8 Å². The van der Waals surface area contributed by atoms with Gasteiger partial charge in [-0.1, -0.05) is 44.5 Å². The number of nitrogens with zero attached hydrogens (tertiary/aromatic N) is 1. The lowest BCUT2D eigenvalue weighted by Gasteiger charge is -2.24. The van der Waals surface area contributed by atoms with Crippen LogP contribution in [0.1, 0.15) is 46.1 Å². The molecule has 0 amide bonds. The largest absolute Gasteiger partial charge is 0.259 e. The maximum absolute atomic E-state index is 12.7. The molecule has 0 aliphatic rings. The highest BCUT2D eigenvalue weighted by molar-refractivity contribution is 7.89. The number of aromatic nitrogens is 1. The van der Waals surface area contributed by atoms with Gasteiger partial charge in [0.2, 0.25) is 0 Å². The summed E-state index contributed by atoms with van der Waals surface area (Å²) in [5, 5.41) is 1.77. The normalized spacial score (nSPS) is 12.7. The molecule has 4 nitrogen and oxygen atoms in total. The van der Waals surface area contributed by atoms with Crippen LogP contribution in [0.3, 0.4) is 0 Å². The van der Waals surface area contributed by atoms with Gasteiger partial charge >= 0.3 is 0 Å². The smallest absolute Gasteiger partial charge is 0.243 e. The molecule has 5 heteroatoms. The van der Waals surface area contributed by atoms with E-state index in [1.165, 1.54) is 0 Å². The second kappa shape index (κ2) is 6.34. The van der Waals surface area contributed by atoms with Crippen molar-refractivity contribution >= 4 is 20.8 Å². The van der Waals surface area contributed by atoms with Crippen molar-refractivity contribution in [3.63, 3.8) is 0 Å². The van der Waals surface area contributed by atoms with Crippen molar-refractivity contribution in [3.05, 3.63) is 36.0 Å². The maximum atomic E-state index is 12.7. The van der Waals surface area contributed by atoms with E-state index < -0.39 is 15.6 Å². The lowest BCUT2D eigenvalue weighted by molar-refractivity contribution is 0.439. The molecule has 0 atom stereocenters. The minimum atomic E-state index is -3.65. The Balaban J connectivity index is 2.60. The van der Waals surface area contributed by atoms with Crippen LogP contribution in [0.4, 0.5) is 0 Å². The first-order chi connectivity index (χ1) is 10.3. The van der Waals surface area contributed by atoms with Gasteiger partial charge in [0, 0.05) is 17.1 Å². The van der Waals surface area contributed by atoms with Gasteiger partial charge < -0.3 is 0 Å². The highest BCUT2D eigenvalue weighted by Crippen LogP contribution is 2.26. The predicted molar refractivity (Wildman–Crippen MR) is 90.4 cm³/mol. The van der Waals surface area contributed by atoms with Crippen molar-refractivity contribution in [2.45, 2.75) is 57.5 Å². The van der Waals surface area contributed by atoms with Crippen LogP contribution in [0.2, 0.25) is 0 Å². The molecule has 0 aliphatic carbocycles. The number of aryl methyl sites for hydroxylation is 1. The highest BCUT2D eigenvalue weighted by atomic mass is 32.2. The number of hydrogen-bond acceptors (Lipinski definition) is 3. The molecule has 2 rings (SSSR count). The third-order valence-electron chi connectivity index (χ3n) is 3.91. The Morgan fingerprint density at radius 2 is 1.77 bits per heavy atom. The fraction of sp³-hybridized carbons (Fsp3) is 0.471. The van der Waals surface area contributed by atoms with E-state index >= 15 is 0 Å². The van der Waals surface area contributed by atoms with Crippen LogP contribution in [0.5, 0.6) is 0 Å². The Labute approximate surface area is 133 Å². The SMILES string of the molecule is CCCc1cnc(S(=O)(=O)NC(C)(C)CC)c2ccccc12.